The number of ether oxygens (including phenoxy) is 1. The second-order valence-electron chi connectivity index (χ2n) is 11.6. The van der Waals surface area contributed by atoms with Crippen LogP contribution in [0, 0.1) is 0 Å². The van der Waals surface area contributed by atoms with Crippen molar-refractivity contribution >= 4 is 57.5 Å². The number of aromatic nitrogens is 1. The Kier molecular flexibility index (Phi) is 8.05. The third-order valence-electron chi connectivity index (χ3n) is 8.29. The first-order valence-corrected chi connectivity index (χ1v) is 15.3. The van der Waals surface area contributed by atoms with E-state index in [0.717, 1.165) is 28.2 Å². The fraction of sp³-hybridized carbons (Fsp3) is 0.229. The largest absolute Gasteiger partial charge is 0.484 e. The van der Waals surface area contributed by atoms with E-state index < -0.39 is 0 Å². The first-order valence-electron chi connectivity index (χ1n) is 14.5. The normalized spacial score (nSPS) is 18.8. The van der Waals surface area contributed by atoms with Crippen LogP contribution in [0.2, 0.25) is 5.02 Å². The van der Waals surface area contributed by atoms with E-state index in [4.69, 9.17) is 28.6 Å². The van der Waals surface area contributed by atoms with Gasteiger partial charge < -0.3 is 25.2 Å². The molecule has 9 heteroatoms. The number of amides is 1. The van der Waals surface area contributed by atoms with Crippen molar-refractivity contribution in [2.24, 2.45) is 0 Å². The van der Waals surface area contributed by atoms with Gasteiger partial charge in [0.15, 0.2) is 11.7 Å². The Morgan fingerprint density at radius 3 is 2.50 bits per heavy atom. The molecule has 1 aromatic heterocycles. The highest BCUT2D eigenvalue weighted by atomic mass is 35.5. The van der Waals surface area contributed by atoms with Gasteiger partial charge in [-0.25, -0.2) is 0 Å². The molecule has 3 aromatic carbocycles. The smallest absolute Gasteiger partial charge is 0.262 e. The van der Waals surface area contributed by atoms with Crippen molar-refractivity contribution in [1.29, 1.82) is 0 Å². The highest BCUT2D eigenvalue weighted by Gasteiger charge is 2.42. The number of hydrogen-bond donors (Lipinski definition) is 2. The Hall–Kier alpha value is -4.40. The number of allylic oxidation sites excluding steroid dienone is 1. The van der Waals surface area contributed by atoms with Gasteiger partial charge in [-0.05, 0) is 105 Å². The summed E-state index contributed by atoms with van der Waals surface area (Å²) in [4.78, 5) is 21.6. The molecule has 2 unspecified atom stereocenters. The number of nitrogens with zero attached hydrogens (tertiary/aromatic N) is 3. The van der Waals surface area contributed by atoms with E-state index in [-0.39, 0.29) is 30.1 Å². The molecule has 0 saturated carbocycles. The summed E-state index contributed by atoms with van der Waals surface area (Å²) in [6, 6.07) is 26.5. The van der Waals surface area contributed by atoms with E-state index in [1.807, 2.05) is 72.8 Å². The molecule has 2 aliphatic rings. The summed E-state index contributed by atoms with van der Waals surface area (Å²) >= 11 is 13.1. The number of hydrogen-bond acceptors (Lipinski definition) is 5. The minimum Gasteiger partial charge on any atom is -0.484 e. The van der Waals surface area contributed by atoms with Crippen molar-refractivity contribution in [3.63, 3.8) is 0 Å². The van der Waals surface area contributed by atoms with Gasteiger partial charge in [0.25, 0.3) is 5.91 Å². The lowest BCUT2D eigenvalue weighted by atomic mass is 9.86. The third-order valence-corrected chi connectivity index (χ3v) is 8.94. The molecule has 2 aliphatic heterocycles. The van der Waals surface area contributed by atoms with Gasteiger partial charge in [0.2, 0.25) is 0 Å². The minimum absolute atomic E-state index is 0.0865. The molecule has 4 aromatic rings. The van der Waals surface area contributed by atoms with E-state index >= 15 is 0 Å². The number of thiocarbonyl (C=S) groups is 1. The third kappa shape index (κ3) is 5.75. The maximum absolute atomic E-state index is 12.6. The van der Waals surface area contributed by atoms with Crippen molar-refractivity contribution in [3.05, 3.63) is 119 Å². The quantitative estimate of drug-likeness (QED) is 0.206. The molecule has 0 aliphatic carbocycles. The number of benzene rings is 3. The maximum Gasteiger partial charge on any atom is 0.262 e. The molecule has 0 radical (unpaired) electrons. The van der Waals surface area contributed by atoms with Crippen LogP contribution in [-0.2, 0) is 4.79 Å². The topological polar surface area (TPSA) is 69.7 Å². The number of carbonyl (C=O) groups is 1. The first kappa shape index (κ1) is 29.7. The molecule has 3 heterocycles. The number of nitrogens with one attached hydrogen (secondary N) is 2. The summed E-state index contributed by atoms with van der Waals surface area (Å²) in [6.45, 7) is 6.45. The van der Waals surface area contributed by atoms with Crippen LogP contribution < -0.4 is 25.2 Å². The Labute approximate surface area is 268 Å². The van der Waals surface area contributed by atoms with Gasteiger partial charge >= 0.3 is 0 Å². The van der Waals surface area contributed by atoms with E-state index in [1.54, 1.807) is 6.20 Å². The molecular formula is C35H34ClN5O2S. The molecule has 0 bridgehead atoms. The van der Waals surface area contributed by atoms with Crippen molar-refractivity contribution in [1.82, 2.24) is 10.3 Å². The SMILES string of the molecule is CC1=CC(C)(C)N(C)c2cc(Cl)c(C3C(c4ccccn4)NC(=S)N3c3ccc(NC(=O)COc4ccccc4)cc3)cc21. The van der Waals surface area contributed by atoms with Crippen molar-refractivity contribution in [2.45, 2.75) is 38.4 Å². The molecule has 6 rings (SSSR count). The maximum atomic E-state index is 12.6. The second kappa shape index (κ2) is 11.9. The first-order chi connectivity index (χ1) is 21.1. The molecule has 2 atom stereocenters. The zero-order valence-corrected chi connectivity index (χ0v) is 26.6. The average molecular weight is 624 g/mol. The summed E-state index contributed by atoms with van der Waals surface area (Å²) in [5, 5.41) is 7.64. The standard InChI is InChI=1S/C35H34ClN5O2S/c1-22-20-35(2,3)40(4)30-19-28(36)27(18-26(22)30)33-32(29-12-8-9-17-37-29)39-34(44)41(33)24-15-13-23(14-16-24)38-31(42)21-43-25-10-6-5-7-11-25/h5-20,32-33H,21H2,1-4H3,(H,38,42)(H,39,44). The van der Waals surface area contributed by atoms with E-state index in [1.165, 1.54) is 5.57 Å². The summed E-state index contributed by atoms with van der Waals surface area (Å²) in [5.41, 5.74) is 6.63. The van der Waals surface area contributed by atoms with Crippen LogP contribution in [0.1, 0.15) is 49.7 Å². The molecular weight excluding hydrogens is 590 g/mol. The number of fused-ring (bicyclic) bond motifs is 1. The summed E-state index contributed by atoms with van der Waals surface area (Å²) in [7, 11) is 2.10. The van der Waals surface area contributed by atoms with Gasteiger partial charge in [-0.2, -0.15) is 0 Å². The van der Waals surface area contributed by atoms with E-state index in [9.17, 15) is 4.79 Å². The lowest BCUT2D eigenvalue weighted by molar-refractivity contribution is -0.118. The van der Waals surface area contributed by atoms with Gasteiger partial charge in [0, 0.05) is 40.9 Å². The highest BCUT2D eigenvalue weighted by molar-refractivity contribution is 7.80. The molecule has 7 nitrogen and oxygen atoms in total. The van der Waals surface area contributed by atoms with Crippen LogP contribution in [0.4, 0.5) is 17.1 Å². The van der Waals surface area contributed by atoms with E-state index in [0.29, 0.717) is 21.6 Å². The molecule has 0 spiro atoms. The Balaban J connectivity index is 1.32. The number of rotatable bonds is 7. The summed E-state index contributed by atoms with van der Waals surface area (Å²) in [5.74, 6) is 0.397. The zero-order chi connectivity index (χ0) is 31.0. The van der Waals surface area contributed by atoms with Crippen molar-refractivity contribution in [2.75, 3.05) is 28.8 Å². The van der Waals surface area contributed by atoms with Gasteiger partial charge in [-0.1, -0.05) is 41.9 Å². The summed E-state index contributed by atoms with van der Waals surface area (Å²) in [6.07, 6.45) is 4.08. The van der Waals surface area contributed by atoms with Crippen LogP contribution in [-0.4, -0.2) is 35.2 Å². The molecule has 1 fully saturated rings. The number of anilines is 3. The van der Waals surface area contributed by atoms with Crippen LogP contribution in [0.5, 0.6) is 5.75 Å². The Morgan fingerprint density at radius 2 is 1.80 bits per heavy atom. The fourth-order valence-electron chi connectivity index (χ4n) is 5.93. The molecule has 1 amide bonds. The lowest BCUT2D eigenvalue weighted by Gasteiger charge is -2.41. The van der Waals surface area contributed by atoms with Gasteiger partial charge in [0.1, 0.15) is 5.75 Å². The highest BCUT2D eigenvalue weighted by Crippen LogP contribution is 2.48. The van der Waals surface area contributed by atoms with Crippen LogP contribution in [0.25, 0.3) is 5.57 Å². The fourth-order valence-corrected chi connectivity index (χ4v) is 6.55. The monoisotopic (exact) mass is 623 g/mol. The Bertz CT molecular complexity index is 1730. The van der Waals surface area contributed by atoms with Crippen molar-refractivity contribution in [3.8, 4) is 5.75 Å². The predicted molar refractivity (Wildman–Crippen MR) is 183 cm³/mol. The Morgan fingerprint density at radius 1 is 1.07 bits per heavy atom. The van der Waals surface area contributed by atoms with Crippen molar-refractivity contribution < 1.29 is 9.53 Å². The van der Waals surface area contributed by atoms with Crippen LogP contribution in [0.3, 0.4) is 0 Å². The number of likely N-dealkylation sites (N-methyl/N-ethyl adjacent to an activating group) is 1. The second-order valence-corrected chi connectivity index (χ2v) is 12.4. The summed E-state index contributed by atoms with van der Waals surface area (Å²) < 4.78 is 5.58. The number of pyridine rings is 1. The van der Waals surface area contributed by atoms with E-state index in [2.05, 4.69) is 71.4 Å². The zero-order valence-electron chi connectivity index (χ0n) is 25.0. The minimum atomic E-state index is -0.275. The number of para-hydroxylation sites is 1. The van der Waals surface area contributed by atoms with Crippen LogP contribution in [0.15, 0.2) is 97.2 Å². The van der Waals surface area contributed by atoms with Gasteiger partial charge in [0.05, 0.1) is 23.3 Å². The molecule has 44 heavy (non-hydrogen) atoms. The lowest BCUT2D eigenvalue weighted by Crippen LogP contribution is -2.42. The molecule has 1 saturated heterocycles. The van der Waals surface area contributed by atoms with Gasteiger partial charge in [-0.15, -0.1) is 0 Å². The molecule has 2 N–H and O–H groups in total. The molecule has 224 valence electrons. The predicted octanol–water partition coefficient (Wildman–Crippen LogP) is 7.56. The van der Waals surface area contributed by atoms with Crippen LogP contribution >= 0.6 is 23.8 Å². The van der Waals surface area contributed by atoms with Gasteiger partial charge in [-0.3, -0.25) is 9.78 Å². The number of carbonyl (C=O) groups excluding carboxylic acids is 1. The number of halogens is 1. The average Bonchev–Trinajstić information content (AvgIpc) is 3.36.